The summed E-state index contributed by atoms with van der Waals surface area (Å²) in [6, 6.07) is 16.6. The van der Waals surface area contributed by atoms with Gasteiger partial charge in [-0.25, -0.2) is 0 Å². The number of aromatic nitrogens is 1. The van der Waals surface area contributed by atoms with E-state index in [9.17, 15) is 4.79 Å². The number of nitrogens with one attached hydrogen (secondary N) is 1. The summed E-state index contributed by atoms with van der Waals surface area (Å²) in [7, 11) is 2.02. The minimum Gasteiger partial charge on any atom is -0.371 e. The molecule has 0 radical (unpaired) electrons. The number of amides is 1. The van der Waals surface area contributed by atoms with E-state index in [1.54, 1.807) is 0 Å². The summed E-state index contributed by atoms with van der Waals surface area (Å²) in [6.07, 6.45) is 4.82. The molecule has 1 amide bonds. The molecule has 0 aliphatic carbocycles. The average Bonchev–Trinajstić information content (AvgIpc) is 3.00. The van der Waals surface area contributed by atoms with Crippen LogP contribution in [-0.4, -0.2) is 23.6 Å². The molecule has 0 spiro atoms. The lowest BCUT2D eigenvalue weighted by molar-refractivity contribution is -0.116. The van der Waals surface area contributed by atoms with Gasteiger partial charge in [-0.1, -0.05) is 18.2 Å². The van der Waals surface area contributed by atoms with Crippen LogP contribution in [0.15, 0.2) is 54.7 Å². The first-order chi connectivity index (χ1) is 12.2. The quantitative estimate of drug-likeness (QED) is 0.785. The first kappa shape index (κ1) is 15.8. The summed E-state index contributed by atoms with van der Waals surface area (Å²) >= 11 is 0. The maximum atomic E-state index is 12.4. The molecule has 4 rings (SSSR count). The Hall–Kier alpha value is -2.75. The molecule has 1 aliphatic heterocycles. The molecule has 25 heavy (non-hydrogen) atoms. The molecule has 0 saturated heterocycles. The fourth-order valence-corrected chi connectivity index (χ4v) is 3.66. The van der Waals surface area contributed by atoms with E-state index in [0.717, 1.165) is 37.0 Å². The van der Waals surface area contributed by atoms with E-state index in [1.165, 1.54) is 16.8 Å². The van der Waals surface area contributed by atoms with E-state index in [0.29, 0.717) is 6.42 Å². The van der Waals surface area contributed by atoms with Crippen LogP contribution in [0.25, 0.3) is 10.9 Å². The third-order valence-electron chi connectivity index (χ3n) is 4.98. The van der Waals surface area contributed by atoms with E-state index < -0.39 is 0 Å². The van der Waals surface area contributed by atoms with Crippen LogP contribution in [-0.2, 0) is 18.3 Å². The molecule has 0 fully saturated rings. The molecule has 0 saturated carbocycles. The molecule has 0 atom stereocenters. The van der Waals surface area contributed by atoms with E-state index in [-0.39, 0.29) is 5.91 Å². The molecule has 1 N–H and O–H groups in total. The van der Waals surface area contributed by atoms with Gasteiger partial charge in [0.1, 0.15) is 0 Å². The van der Waals surface area contributed by atoms with Crippen molar-refractivity contribution in [3.8, 4) is 0 Å². The standard InChI is InChI=1S/C21H23N3O/c1-23-13-10-17-15-18(8-9-19(17)23)22-21(25)11-14-24-12-4-6-16-5-2-3-7-20(16)24/h2-3,5,7-10,13,15H,4,6,11-12,14H2,1H3,(H,22,25). The largest absolute Gasteiger partial charge is 0.371 e. The molecule has 0 bridgehead atoms. The third-order valence-corrected chi connectivity index (χ3v) is 4.98. The number of hydrogen-bond acceptors (Lipinski definition) is 2. The number of carbonyl (C=O) groups excluding carboxylic acids is 1. The normalized spacial score (nSPS) is 13.7. The lowest BCUT2D eigenvalue weighted by atomic mass is 10.0. The zero-order valence-corrected chi connectivity index (χ0v) is 14.5. The number of fused-ring (bicyclic) bond motifs is 2. The highest BCUT2D eigenvalue weighted by Crippen LogP contribution is 2.26. The van der Waals surface area contributed by atoms with Crippen molar-refractivity contribution in [2.45, 2.75) is 19.3 Å². The van der Waals surface area contributed by atoms with Crippen molar-refractivity contribution in [1.29, 1.82) is 0 Å². The maximum Gasteiger partial charge on any atom is 0.226 e. The SMILES string of the molecule is Cn1ccc2cc(NC(=O)CCN3CCCc4ccccc43)ccc21. The molecule has 2 aromatic carbocycles. The average molecular weight is 333 g/mol. The number of hydrogen-bond donors (Lipinski definition) is 1. The lowest BCUT2D eigenvalue weighted by Gasteiger charge is -2.31. The maximum absolute atomic E-state index is 12.4. The Balaban J connectivity index is 1.39. The van der Waals surface area contributed by atoms with Crippen molar-refractivity contribution in [3.63, 3.8) is 0 Å². The summed E-state index contributed by atoms with van der Waals surface area (Å²) in [6.45, 7) is 1.79. The second-order valence-corrected chi connectivity index (χ2v) is 6.72. The van der Waals surface area contributed by atoms with Crippen LogP contribution in [0.1, 0.15) is 18.4 Å². The van der Waals surface area contributed by atoms with E-state index >= 15 is 0 Å². The van der Waals surface area contributed by atoms with Gasteiger partial charge in [0, 0.05) is 55.0 Å². The number of anilines is 2. The summed E-state index contributed by atoms with van der Waals surface area (Å²) in [4.78, 5) is 14.7. The summed E-state index contributed by atoms with van der Waals surface area (Å²) < 4.78 is 2.08. The first-order valence-corrected chi connectivity index (χ1v) is 8.88. The van der Waals surface area contributed by atoms with Crippen molar-refractivity contribution in [1.82, 2.24) is 4.57 Å². The number of para-hydroxylation sites is 1. The molecular formula is C21H23N3O. The van der Waals surface area contributed by atoms with Crippen molar-refractivity contribution >= 4 is 28.2 Å². The van der Waals surface area contributed by atoms with Gasteiger partial charge in [0.2, 0.25) is 5.91 Å². The summed E-state index contributed by atoms with van der Waals surface area (Å²) in [5.74, 6) is 0.0679. The Morgan fingerprint density at radius 1 is 1.16 bits per heavy atom. The predicted molar refractivity (Wildman–Crippen MR) is 103 cm³/mol. The van der Waals surface area contributed by atoms with Gasteiger partial charge < -0.3 is 14.8 Å². The van der Waals surface area contributed by atoms with Crippen LogP contribution in [0.4, 0.5) is 11.4 Å². The number of nitrogens with zero attached hydrogens (tertiary/aromatic N) is 2. The molecule has 3 aromatic rings. The van der Waals surface area contributed by atoms with Crippen LogP contribution in [0.5, 0.6) is 0 Å². The second kappa shape index (κ2) is 6.63. The zero-order chi connectivity index (χ0) is 17.2. The minimum absolute atomic E-state index is 0.0679. The van der Waals surface area contributed by atoms with Gasteiger partial charge in [0.05, 0.1) is 0 Å². The predicted octanol–water partition coefficient (Wildman–Crippen LogP) is 3.96. The van der Waals surface area contributed by atoms with Gasteiger partial charge in [0.15, 0.2) is 0 Å². The van der Waals surface area contributed by atoms with Crippen LogP contribution >= 0.6 is 0 Å². The van der Waals surface area contributed by atoms with Crippen molar-refractivity contribution in [3.05, 3.63) is 60.3 Å². The van der Waals surface area contributed by atoms with Gasteiger partial charge in [-0.3, -0.25) is 4.79 Å². The van der Waals surface area contributed by atoms with Gasteiger partial charge in [0.25, 0.3) is 0 Å². The first-order valence-electron chi connectivity index (χ1n) is 8.88. The number of benzene rings is 2. The van der Waals surface area contributed by atoms with Crippen LogP contribution < -0.4 is 10.2 Å². The summed E-state index contributed by atoms with van der Waals surface area (Å²) in [5, 5.41) is 4.18. The second-order valence-electron chi connectivity index (χ2n) is 6.72. The number of carbonyl (C=O) groups is 1. The molecule has 2 heterocycles. The fourth-order valence-electron chi connectivity index (χ4n) is 3.66. The monoisotopic (exact) mass is 333 g/mol. The zero-order valence-electron chi connectivity index (χ0n) is 14.5. The van der Waals surface area contributed by atoms with Crippen molar-refractivity contribution in [2.24, 2.45) is 7.05 Å². The Kier molecular flexibility index (Phi) is 4.18. The highest BCUT2D eigenvalue weighted by Gasteiger charge is 2.16. The Bertz CT molecular complexity index is 912. The van der Waals surface area contributed by atoms with Gasteiger partial charge in [-0.2, -0.15) is 0 Å². The highest BCUT2D eigenvalue weighted by atomic mass is 16.1. The van der Waals surface area contributed by atoms with E-state index in [1.807, 2.05) is 31.4 Å². The smallest absolute Gasteiger partial charge is 0.226 e. The minimum atomic E-state index is 0.0679. The fraction of sp³-hybridized carbons (Fsp3) is 0.286. The third kappa shape index (κ3) is 3.25. The lowest BCUT2D eigenvalue weighted by Crippen LogP contribution is -2.32. The van der Waals surface area contributed by atoms with E-state index in [2.05, 4.69) is 45.1 Å². The molecule has 1 aromatic heterocycles. The van der Waals surface area contributed by atoms with Crippen molar-refractivity contribution in [2.75, 3.05) is 23.3 Å². The summed E-state index contributed by atoms with van der Waals surface area (Å²) in [5.41, 5.74) is 4.71. The topological polar surface area (TPSA) is 37.3 Å². The molecule has 128 valence electrons. The molecule has 1 aliphatic rings. The van der Waals surface area contributed by atoms with E-state index in [4.69, 9.17) is 0 Å². The number of aryl methyl sites for hydroxylation is 2. The Morgan fingerprint density at radius 2 is 2.04 bits per heavy atom. The van der Waals surface area contributed by atoms with Gasteiger partial charge in [-0.05, 0) is 48.7 Å². The van der Waals surface area contributed by atoms with Crippen LogP contribution in [0.2, 0.25) is 0 Å². The molecular weight excluding hydrogens is 310 g/mol. The van der Waals surface area contributed by atoms with Crippen LogP contribution in [0, 0.1) is 0 Å². The molecule has 4 nitrogen and oxygen atoms in total. The van der Waals surface area contributed by atoms with Gasteiger partial charge >= 0.3 is 0 Å². The van der Waals surface area contributed by atoms with Crippen LogP contribution in [0.3, 0.4) is 0 Å². The Morgan fingerprint density at radius 3 is 2.96 bits per heavy atom. The van der Waals surface area contributed by atoms with Crippen molar-refractivity contribution < 1.29 is 4.79 Å². The van der Waals surface area contributed by atoms with Gasteiger partial charge in [-0.15, -0.1) is 0 Å². The number of rotatable bonds is 4. The Labute approximate surface area is 148 Å². The highest BCUT2D eigenvalue weighted by molar-refractivity contribution is 5.94. The molecule has 0 unspecified atom stereocenters. The molecule has 4 heteroatoms.